The van der Waals surface area contributed by atoms with Crippen LogP contribution in [0.15, 0.2) is 0 Å². The van der Waals surface area contributed by atoms with Gasteiger partial charge in [-0.05, 0) is 52.7 Å². The highest BCUT2D eigenvalue weighted by Crippen LogP contribution is 2.42. The minimum Gasteiger partial charge on any atom is -0.315 e. The molecule has 2 heteroatoms. The molecule has 2 saturated carbocycles. The summed E-state index contributed by atoms with van der Waals surface area (Å²) in [6.07, 6.45) is 12.8. The van der Waals surface area contributed by atoms with Crippen molar-refractivity contribution in [2.24, 2.45) is 5.92 Å². The van der Waals surface area contributed by atoms with Gasteiger partial charge in [-0.15, -0.1) is 0 Å². The van der Waals surface area contributed by atoms with Gasteiger partial charge in [0, 0.05) is 11.6 Å². The van der Waals surface area contributed by atoms with Gasteiger partial charge in [0.15, 0.2) is 0 Å². The summed E-state index contributed by atoms with van der Waals surface area (Å²) in [5.74, 6) is 0.931. The summed E-state index contributed by atoms with van der Waals surface area (Å²) in [7, 11) is 6.78. The maximum Gasteiger partial charge on any atom is 0.0359 e. The highest BCUT2D eigenvalue weighted by atomic mass is 15.2. The van der Waals surface area contributed by atoms with Gasteiger partial charge in [0.1, 0.15) is 0 Å². The van der Waals surface area contributed by atoms with Crippen molar-refractivity contribution in [2.45, 2.75) is 69.4 Å². The average molecular weight is 238 g/mol. The third kappa shape index (κ3) is 2.53. The number of nitrogens with one attached hydrogen (secondary N) is 1. The first-order valence-corrected chi connectivity index (χ1v) is 7.55. The minimum absolute atomic E-state index is 0.427. The Morgan fingerprint density at radius 2 is 1.59 bits per heavy atom. The van der Waals surface area contributed by atoms with E-state index in [1.165, 1.54) is 57.8 Å². The van der Waals surface area contributed by atoms with E-state index >= 15 is 0 Å². The summed E-state index contributed by atoms with van der Waals surface area (Å²) < 4.78 is 0. The van der Waals surface area contributed by atoms with Crippen molar-refractivity contribution in [1.82, 2.24) is 10.2 Å². The van der Waals surface area contributed by atoms with E-state index in [9.17, 15) is 0 Å². The summed E-state index contributed by atoms with van der Waals surface area (Å²) in [6, 6.07) is 0.712. The molecule has 0 heterocycles. The van der Waals surface area contributed by atoms with Crippen molar-refractivity contribution in [3.8, 4) is 0 Å². The van der Waals surface area contributed by atoms with Crippen molar-refractivity contribution in [2.75, 3.05) is 21.1 Å². The molecule has 2 rings (SSSR count). The lowest BCUT2D eigenvalue weighted by molar-refractivity contribution is 0.0342. The predicted molar refractivity (Wildman–Crippen MR) is 74.3 cm³/mol. The van der Waals surface area contributed by atoms with Gasteiger partial charge in [0.2, 0.25) is 0 Å². The number of likely N-dealkylation sites (N-methyl/N-ethyl adjacent to an activating group) is 2. The Morgan fingerprint density at radius 3 is 1.94 bits per heavy atom. The van der Waals surface area contributed by atoms with Crippen LogP contribution in [0, 0.1) is 5.92 Å². The normalized spacial score (nSPS) is 27.5. The van der Waals surface area contributed by atoms with Gasteiger partial charge in [-0.3, -0.25) is 0 Å². The number of hydrogen-bond donors (Lipinski definition) is 1. The molecule has 0 amide bonds. The molecular formula is C15H30N2. The van der Waals surface area contributed by atoms with E-state index in [1.807, 2.05) is 0 Å². The molecule has 100 valence electrons. The lowest BCUT2D eigenvalue weighted by atomic mass is 9.68. The summed E-state index contributed by atoms with van der Waals surface area (Å²) in [5.41, 5.74) is 0.427. The molecule has 2 aliphatic carbocycles. The second kappa shape index (κ2) is 5.71. The van der Waals surface area contributed by atoms with E-state index in [-0.39, 0.29) is 0 Å². The quantitative estimate of drug-likeness (QED) is 0.757. The Labute approximate surface area is 107 Å². The van der Waals surface area contributed by atoms with E-state index < -0.39 is 0 Å². The SMILES string of the molecule is CNC(C1CCC1)C1(N(C)C)CCCCCC1. The molecule has 0 radical (unpaired) electrons. The number of rotatable bonds is 4. The highest BCUT2D eigenvalue weighted by molar-refractivity contribution is 5.03. The summed E-state index contributed by atoms with van der Waals surface area (Å²) in [6.45, 7) is 0. The van der Waals surface area contributed by atoms with Crippen molar-refractivity contribution in [1.29, 1.82) is 0 Å². The molecular weight excluding hydrogens is 208 g/mol. The topological polar surface area (TPSA) is 15.3 Å². The Bertz CT molecular complexity index is 225. The minimum atomic E-state index is 0.427. The molecule has 0 aliphatic heterocycles. The van der Waals surface area contributed by atoms with Crippen molar-refractivity contribution >= 4 is 0 Å². The summed E-state index contributed by atoms with van der Waals surface area (Å²) in [5, 5.41) is 3.68. The number of hydrogen-bond acceptors (Lipinski definition) is 2. The van der Waals surface area contributed by atoms with E-state index in [0.717, 1.165) is 5.92 Å². The van der Waals surface area contributed by atoms with Crippen LogP contribution < -0.4 is 5.32 Å². The molecule has 0 spiro atoms. The molecule has 0 aromatic rings. The fourth-order valence-corrected chi connectivity index (χ4v) is 4.09. The summed E-state index contributed by atoms with van der Waals surface area (Å²) >= 11 is 0. The molecule has 0 saturated heterocycles. The van der Waals surface area contributed by atoms with Gasteiger partial charge >= 0.3 is 0 Å². The monoisotopic (exact) mass is 238 g/mol. The fraction of sp³-hybridized carbons (Fsp3) is 1.00. The summed E-state index contributed by atoms with van der Waals surface area (Å²) in [4.78, 5) is 2.54. The standard InChI is InChI=1S/C15H30N2/c1-16-14(13-9-8-10-13)15(17(2)3)11-6-4-5-7-12-15/h13-14,16H,4-12H2,1-3H3. The molecule has 2 nitrogen and oxygen atoms in total. The molecule has 2 aliphatic rings. The van der Waals surface area contributed by atoms with Crippen LogP contribution in [-0.2, 0) is 0 Å². The van der Waals surface area contributed by atoms with Crippen LogP contribution >= 0.6 is 0 Å². The Balaban J connectivity index is 2.17. The highest BCUT2D eigenvalue weighted by Gasteiger charge is 2.45. The smallest absolute Gasteiger partial charge is 0.0359 e. The Hall–Kier alpha value is -0.0800. The van der Waals surface area contributed by atoms with E-state index in [0.29, 0.717) is 11.6 Å². The predicted octanol–water partition coefficient (Wildman–Crippen LogP) is 3.03. The second-order valence-corrected chi connectivity index (χ2v) is 6.37. The first kappa shape index (κ1) is 13.4. The van der Waals surface area contributed by atoms with Gasteiger partial charge in [0.25, 0.3) is 0 Å². The maximum absolute atomic E-state index is 3.68. The Kier molecular flexibility index (Phi) is 4.48. The maximum atomic E-state index is 3.68. The van der Waals surface area contributed by atoms with Crippen LogP contribution in [-0.4, -0.2) is 37.6 Å². The molecule has 17 heavy (non-hydrogen) atoms. The second-order valence-electron chi connectivity index (χ2n) is 6.37. The lowest BCUT2D eigenvalue weighted by Crippen LogP contribution is -2.62. The lowest BCUT2D eigenvalue weighted by Gasteiger charge is -2.51. The van der Waals surface area contributed by atoms with Crippen molar-refractivity contribution in [3.05, 3.63) is 0 Å². The van der Waals surface area contributed by atoms with E-state index in [4.69, 9.17) is 0 Å². The molecule has 0 aromatic heterocycles. The van der Waals surface area contributed by atoms with Gasteiger partial charge in [-0.25, -0.2) is 0 Å². The molecule has 1 N–H and O–H groups in total. The fourth-order valence-electron chi connectivity index (χ4n) is 4.09. The molecule has 0 bridgehead atoms. The van der Waals surface area contributed by atoms with Crippen LogP contribution in [0.4, 0.5) is 0 Å². The van der Waals surface area contributed by atoms with Crippen molar-refractivity contribution in [3.63, 3.8) is 0 Å². The van der Waals surface area contributed by atoms with Crippen LogP contribution in [0.1, 0.15) is 57.8 Å². The average Bonchev–Trinajstić information content (AvgIpc) is 2.49. The van der Waals surface area contributed by atoms with Gasteiger partial charge < -0.3 is 10.2 Å². The van der Waals surface area contributed by atoms with Gasteiger partial charge in [0.05, 0.1) is 0 Å². The van der Waals surface area contributed by atoms with Gasteiger partial charge in [-0.1, -0.05) is 32.1 Å². The first-order chi connectivity index (χ1) is 8.20. The molecule has 1 atom stereocenters. The van der Waals surface area contributed by atoms with Gasteiger partial charge in [-0.2, -0.15) is 0 Å². The zero-order valence-electron chi connectivity index (χ0n) is 12.0. The third-order valence-corrected chi connectivity index (χ3v) is 5.37. The van der Waals surface area contributed by atoms with Crippen LogP contribution in [0.25, 0.3) is 0 Å². The zero-order chi connectivity index (χ0) is 12.3. The van der Waals surface area contributed by atoms with Crippen LogP contribution in [0.5, 0.6) is 0 Å². The third-order valence-electron chi connectivity index (χ3n) is 5.37. The van der Waals surface area contributed by atoms with E-state index in [1.54, 1.807) is 0 Å². The molecule has 0 aromatic carbocycles. The first-order valence-electron chi connectivity index (χ1n) is 7.55. The largest absolute Gasteiger partial charge is 0.315 e. The molecule has 2 fully saturated rings. The Morgan fingerprint density at radius 1 is 1.00 bits per heavy atom. The van der Waals surface area contributed by atoms with Crippen LogP contribution in [0.3, 0.4) is 0 Å². The zero-order valence-corrected chi connectivity index (χ0v) is 12.0. The van der Waals surface area contributed by atoms with E-state index in [2.05, 4.69) is 31.4 Å². The molecule has 1 unspecified atom stereocenters. The van der Waals surface area contributed by atoms with Crippen molar-refractivity contribution < 1.29 is 0 Å². The number of nitrogens with zero attached hydrogens (tertiary/aromatic N) is 1. The van der Waals surface area contributed by atoms with Crippen LogP contribution in [0.2, 0.25) is 0 Å².